The van der Waals surface area contributed by atoms with Gasteiger partial charge >= 0.3 is 12.1 Å². The number of carboxylic acid groups (broad SMARTS) is 1. The molecule has 0 bridgehead atoms. The molecule has 0 fully saturated rings. The molecule has 0 amide bonds. The highest BCUT2D eigenvalue weighted by molar-refractivity contribution is 5.90. The molecule has 1 N–H and O–H groups in total. The molecular weight excluding hydrogens is 213 g/mol. The van der Waals surface area contributed by atoms with Crippen LogP contribution in [0, 0.1) is 0 Å². The fraction of sp³-hybridized carbons (Fsp3) is 0.500. The van der Waals surface area contributed by atoms with Gasteiger partial charge in [-0.15, -0.1) is 0 Å². The summed E-state index contributed by atoms with van der Waals surface area (Å²) in [5, 5.41) is 12.2. The van der Waals surface area contributed by atoms with Gasteiger partial charge in [0.05, 0.1) is 5.69 Å². The summed E-state index contributed by atoms with van der Waals surface area (Å²) >= 11 is 0. The summed E-state index contributed by atoms with van der Waals surface area (Å²) in [4.78, 5) is 10.7. The van der Waals surface area contributed by atoms with Crippen molar-refractivity contribution >= 4 is 5.97 Å². The average Bonchev–Trinajstić information content (AvgIpc) is 2.41. The highest BCUT2D eigenvalue weighted by Gasteiger charge is 2.41. The van der Waals surface area contributed by atoms with E-state index < -0.39 is 23.4 Å². The Hall–Kier alpha value is -1.53. The molecule has 15 heavy (non-hydrogen) atoms. The van der Waals surface area contributed by atoms with E-state index in [0.29, 0.717) is 4.68 Å². The number of halogens is 3. The van der Waals surface area contributed by atoms with Crippen LogP contribution >= 0.6 is 0 Å². The van der Waals surface area contributed by atoms with Gasteiger partial charge in [-0.1, -0.05) is 6.92 Å². The minimum Gasteiger partial charge on any atom is -0.478 e. The molecule has 0 aromatic carbocycles. The smallest absolute Gasteiger partial charge is 0.433 e. The maximum absolute atomic E-state index is 12.5. The van der Waals surface area contributed by atoms with Crippen LogP contribution in [0.3, 0.4) is 0 Å². The van der Waals surface area contributed by atoms with Crippen LogP contribution < -0.4 is 0 Å². The monoisotopic (exact) mass is 222 g/mol. The molecule has 0 spiro atoms. The van der Waals surface area contributed by atoms with Gasteiger partial charge < -0.3 is 5.11 Å². The molecule has 0 unspecified atom stereocenters. The van der Waals surface area contributed by atoms with Gasteiger partial charge in [-0.05, 0) is 6.42 Å². The number of carboxylic acids is 1. The summed E-state index contributed by atoms with van der Waals surface area (Å²) in [5.74, 6) is -1.60. The van der Waals surface area contributed by atoms with Crippen molar-refractivity contribution in [1.82, 2.24) is 9.78 Å². The lowest BCUT2D eigenvalue weighted by molar-refractivity contribution is -0.144. The summed E-state index contributed by atoms with van der Waals surface area (Å²) < 4.78 is 38.0. The summed E-state index contributed by atoms with van der Waals surface area (Å²) in [6, 6.07) is 0. The molecule has 4 nitrogen and oxygen atoms in total. The number of aromatic carboxylic acids is 1. The maximum Gasteiger partial charge on any atom is 0.433 e. The molecule has 0 aliphatic rings. The molecule has 0 radical (unpaired) electrons. The van der Waals surface area contributed by atoms with Gasteiger partial charge in [0.25, 0.3) is 0 Å². The number of hydrogen-bond acceptors (Lipinski definition) is 2. The molecule has 0 aliphatic heterocycles. The predicted octanol–water partition coefficient (Wildman–Crippen LogP) is 1.70. The fourth-order valence-electron chi connectivity index (χ4n) is 1.38. The summed E-state index contributed by atoms with van der Waals surface area (Å²) in [5.41, 5.74) is -2.03. The Morgan fingerprint density at radius 3 is 2.40 bits per heavy atom. The van der Waals surface area contributed by atoms with Gasteiger partial charge in [0.1, 0.15) is 5.56 Å². The molecule has 0 saturated carbocycles. The van der Waals surface area contributed by atoms with E-state index in [2.05, 4.69) is 5.10 Å². The van der Waals surface area contributed by atoms with Gasteiger partial charge in [0, 0.05) is 7.05 Å². The number of rotatable bonds is 2. The van der Waals surface area contributed by atoms with Crippen molar-refractivity contribution in [3.05, 3.63) is 17.0 Å². The first kappa shape index (κ1) is 11.5. The normalized spacial score (nSPS) is 11.8. The third-order valence-corrected chi connectivity index (χ3v) is 1.94. The highest BCUT2D eigenvalue weighted by atomic mass is 19.4. The van der Waals surface area contributed by atoms with Crippen LogP contribution in [-0.2, 0) is 19.6 Å². The quantitative estimate of drug-likeness (QED) is 0.828. The predicted molar refractivity (Wildman–Crippen MR) is 44.5 cm³/mol. The van der Waals surface area contributed by atoms with Crippen LogP contribution in [0.15, 0.2) is 0 Å². The third kappa shape index (κ3) is 1.95. The fourth-order valence-corrected chi connectivity index (χ4v) is 1.38. The SMILES string of the molecule is CCc1nn(C)c(C(F)(F)F)c1C(=O)O. The summed E-state index contributed by atoms with van der Waals surface area (Å²) in [7, 11) is 1.08. The van der Waals surface area contributed by atoms with E-state index in [-0.39, 0.29) is 12.1 Å². The molecule has 1 heterocycles. The third-order valence-electron chi connectivity index (χ3n) is 1.94. The average molecular weight is 222 g/mol. The summed E-state index contributed by atoms with van der Waals surface area (Å²) in [6.07, 6.45) is -4.56. The minimum absolute atomic E-state index is 0.0580. The Bertz CT molecular complexity index is 395. The molecule has 0 aliphatic carbocycles. The lowest BCUT2D eigenvalue weighted by atomic mass is 10.1. The number of carbonyl (C=O) groups is 1. The Morgan fingerprint density at radius 2 is 2.07 bits per heavy atom. The number of aryl methyl sites for hydroxylation is 2. The van der Waals surface area contributed by atoms with Crippen molar-refractivity contribution in [3.8, 4) is 0 Å². The number of aromatic nitrogens is 2. The second kappa shape index (κ2) is 3.56. The number of alkyl halides is 3. The first-order valence-corrected chi connectivity index (χ1v) is 4.15. The van der Waals surface area contributed by atoms with E-state index in [1.54, 1.807) is 6.92 Å². The molecule has 1 aromatic heterocycles. The molecule has 0 atom stereocenters. The van der Waals surface area contributed by atoms with Crippen molar-refractivity contribution < 1.29 is 23.1 Å². The van der Waals surface area contributed by atoms with Crippen LogP contribution in [0.4, 0.5) is 13.2 Å². The first-order chi connectivity index (χ1) is 6.79. The number of hydrogen-bond donors (Lipinski definition) is 1. The van der Waals surface area contributed by atoms with Crippen LogP contribution in [0.5, 0.6) is 0 Å². The second-order valence-corrected chi connectivity index (χ2v) is 2.95. The standard InChI is InChI=1S/C8H9F3N2O2/c1-3-4-5(7(14)15)6(8(9,10)11)13(2)12-4/h3H2,1-2H3,(H,14,15). The lowest BCUT2D eigenvalue weighted by Crippen LogP contribution is -2.16. The van der Waals surface area contributed by atoms with E-state index in [0.717, 1.165) is 7.05 Å². The Kier molecular flexibility index (Phi) is 2.74. The van der Waals surface area contributed by atoms with E-state index in [4.69, 9.17) is 5.11 Å². The van der Waals surface area contributed by atoms with Crippen molar-refractivity contribution in [2.45, 2.75) is 19.5 Å². The zero-order valence-electron chi connectivity index (χ0n) is 8.09. The molecule has 1 rings (SSSR count). The van der Waals surface area contributed by atoms with E-state index >= 15 is 0 Å². The van der Waals surface area contributed by atoms with E-state index in [1.165, 1.54) is 0 Å². The van der Waals surface area contributed by atoms with Gasteiger partial charge in [-0.25, -0.2) is 4.79 Å². The van der Waals surface area contributed by atoms with Crippen LogP contribution in [0.2, 0.25) is 0 Å². The van der Waals surface area contributed by atoms with Gasteiger partial charge in [0.2, 0.25) is 0 Å². The van der Waals surface area contributed by atoms with E-state index in [1.807, 2.05) is 0 Å². The second-order valence-electron chi connectivity index (χ2n) is 2.95. The number of nitrogens with zero attached hydrogens (tertiary/aromatic N) is 2. The zero-order valence-corrected chi connectivity index (χ0v) is 8.09. The highest BCUT2D eigenvalue weighted by Crippen LogP contribution is 2.33. The topological polar surface area (TPSA) is 55.1 Å². The van der Waals surface area contributed by atoms with Crippen molar-refractivity contribution in [2.24, 2.45) is 7.05 Å². The maximum atomic E-state index is 12.5. The Labute approximate surface area is 83.3 Å². The van der Waals surface area contributed by atoms with Crippen molar-refractivity contribution in [3.63, 3.8) is 0 Å². The van der Waals surface area contributed by atoms with Crippen molar-refractivity contribution in [1.29, 1.82) is 0 Å². The lowest BCUT2D eigenvalue weighted by Gasteiger charge is -2.07. The Morgan fingerprint density at radius 1 is 1.53 bits per heavy atom. The van der Waals surface area contributed by atoms with Crippen LogP contribution in [0.1, 0.15) is 28.7 Å². The molecule has 1 aromatic rings. The van der Waals surface area contributed by atoms with Gasteiger partial charge in [0.15, 0.2) is 5.69 Å². The van der Waals surface area contributed by atoms with Crippen molar-refractivity contribution in [2.75, 3.05) is 0 Å². The molecular formula is C8H9F3N2O2. The van der Waals surface area contributed by atoms with Crippen LogP contribution in [0.25, 0.3) is 0 Å². The van der Waals surface area contributed by atoms with Crippen LogP contribution in [-0.4, -0.2) is 20.9 Å². The Balaban J connectivity index is 3.49. The first-order valence-electron chi connectivity index (χ1n) is 4.15. The molecule has 84 valence electrons. The van der Waals surface area contributed by atoms with Gasteiger partial charge in [-0.3, -0.25) is 4.68 Å². The molecule has 7 heteroatoms. The molecule has 0 saturated heterocycles. The van der Waals surface area contributed by atoms with Gasteiger partial charge in [-0.2, -0.15) is 18.3 Å². The summed E-state index contributed by atoms with van der Waals surface area (Å²) in [6.45, 7) is 1.55. The van der Waals surface area contributed by atoms with E-state index in [9.17, 15) is 18.0 Å². The zero-order chi connectivity index (χ0) is 11.8. The minimum atomic E-state index is -4.71. The largest absolute Gasteiger partial charge is 0.478 e.